The minimum atomic E-state index is -0.225. The number of anilines is 3. The SMILES string of the molecule is C=N/C(C)=C\C(=C/C)Oc1ccc(NC(=O)c2ccc(Nc3ccnc(C)c3)cc2)cn1. The van der Waals surface area contributed by atoms with Crippen LogP contribution >= 0.6 is 0 Å². The van der Waals surface area contributed by atoms with E-state index in [0.29, 0.717) is 22.9 Å². The van der Waals surface area contributed by atoms with Crippen LogP contribution in [0.15, 0.2) is 89.5 Å². The number of ether oxygens (including phenoxy) is 1. The summed E-state index contributed by atoms with van der Waals surface area (Å²) in [4.78, 5) is 24.8. The van der Waals surface area contributed by atoms with Gasteiger partial charge in [-0.25, -0.2) is 4.98 Å². The van der Waals surface area contributed by atoms with Crippen LogP contribution in [-0.2, 0) is 0 Å². The van der Waals surface area contributed by atoms with Crippen molar-refractivity contribution >= 4 is 29.7 Å². The molecule has 1 aromatic carbocycles. The molecule has 3 aromatic rings. The number of carbonyl (C=O) groups is 1. The summed E-state index contributed by atoms with van der Waals surface area (Å²) >= 11 is 0. The highest BCUT2D eigenvalue weighted by Crippen LogP contribution is 2.19. The molecule has 32 heavy (non-hydrogen) atoms. The average molecular weight is 428 g/mol. The molecule has 0 aliphatic heterocycles. The van der Waals surface area contributed by atoms with Crippen LogP contribution in [0.3, 0.4) is 0 Å². The van der Waals surface area contributed by atoms with Gasteiger partial charge in [0, 0.05) is 46.7 Å². The maximum atomic E-state index is 12.6. The van der Waals surface area contributed by atoms with Gasteiger partial charge < -0.3 is 15.4 Å². The molecular formula is C25H25N5O2. The Hall–Kier alpha value is -4.26. The van der Waals surface area contributed by atoms with E-state index < -0.39 is 0 Å². The number of aromatic nitrogens is 2. The van der Waals surface area contributed by atoms with E-state index in [1.54, 1.807) is 48.8 Å². The molecular weight excluding hydrogens is 402 g/mol. The van der Waals surface area contributed by atoms with Crippen molar-refractivity contribution < 1.29 is 9.53 Å². The Morgan fingerprint density at radius 2 is 1.81 bits per heavy atom. The van der Waals surface area contributed by atoms with E-state index in [4.69, 9.17) is 4.74 Å². The highest BCUT2D eigenvalue weighted by atomic mass is 16.5. The molecule has 0 saturated heterocycles. The largest absolute Gasteiger partial charge is 0.439 e. The smallest absolute Gasteiger partial charge is 0.255 e. The summed E-state index contributed by atoms with van der Waals surface area (Å²) in [5.41, 5.74) is 4.59. The molecule has 3 rings (SSSR count). The summed E-state index contributed by atoms with van der Waals surface area (Å²) < 4.78 is 5.71. The number of nitrogens with zero attached hydrogens (tertiary/aromatic N) is 3. The molecule has 0 atom stereocenters. The van der Waals surface area contributed by atoms with Crippen molar-refractivity contribution in [1.82, 2.24) is 9.97 Å². The number of amides is 1. The van der Waals surface area contributed by atoms with Crippen LogP contribution in [0.1, 0.15) is 29.9 Å². The predicted octanol–water partition coefficient (Wildman–Crippen LogP) is 5.67. The van der Waals surface area contributed by atoms with Gasteiger partial charge >= 0.3 is 0 Å². The number of hydrogen-bond donors (Lipinski definition) is 2. The third kappa shape index (κ3) is 6.37. The Bertz CT molecular complexity index is 1150. The van der Waals surface area contributed by atoms with Crippen LogP contribution in [0.25, 0.3) is 0 Å². The topological polar surface area (TPSA) is 88.5 Å². The number of carbonyl (C=O) groups excluding carboxylic acids is 1. The van der Waals surface area contributed by atoms with Gasteiger partial charge in [-0.05, 0) is 76.0 Å². The number of pyridine rings is 2. The maximum absolute atomic E-state index is 12.6. The lowest BCUT2D eigenvalue weighted by molar-refractivity contribution is 0.102. The number of allylic oxidation sites excluding steroid dienone is 3. The second kappa shape index (κ2) is 10.7. The molecule has 1 amide bonds. The van der Waals surface area contributed by atoms with E-state index in [0.717, 1.165) is 22.8 Å². The van der Waals surface area contributed by atoms with Gasteiger partial charge in [0.15, 0.2) is 0 Å². The van der Waals surface area contributed by atoms with Crippen molar-refractivity contribution in [2.45, 2.75) is 20.8 Å². The lowest BCUT2D eigenvalue weighted by Gasteiger charge is -2.09. The van der Waals surface area contributed by atoms with Crippen molar-refractivity contribution in [3.05, 3.63) is 95.8 Å². The van der Waals surface area contributed by atoms with Crippen LogP contribution in [0.5, 0.6) is 5.88 Å². The van der Waals surface area contributed by atoms with Crippen molar-refractivity contribution in [3.63, 3.8) is 0 Å². The summed E-state index contributed by atoms with van der Waals surface area (Å²) in [6.45, 7) is 9.10. The van der Waals surface area contributed by atoms with Gasteiger partial charge in [-0.1, -0.05) is 0 Å². The van der Waals surface area contributed by atoms with E-state index >= 15 is 0 Å². The summed E-state index contributed by atoms with van der Waals surface area (Å²) in [6, 6.07) is 14.5. The molecule has 0 aliphatic rings. The number of hydrogen-bond acceptors (Lipinski definition) is 6. The molecule has 0 unspecified atom stereocenters. The van der Waals surface area contributed by atoms with E-state index in [1.165, 1.54) is 0 Å². The first kappa shape index (κ1) is 22.4. The van der Waals surface area contributed by atoms with Crippen LogP contribution in [0.2, 0.25) is 0 Å². The lowest BCUT2D eigenvalue weighted by atomic mass is 10.2. The molecule has 0 radical (unpaired) electrons. The number of rotatable bonds is 8. The Balaban J connectivity index is 1.60. The highest BCUT2D eigenvalue weighted by Gasteiger charge is 2.08. The monoisotopic (exact) mass is 427 g/mol. The normalized spacial score (nSPS) is 11.6. The van der Waals surface area contributed by atoms with Gasteiger partial charge in [0.2, 0.25) is 5.88 Å². The van der Waals surface area contributed by atoms with Gasteiger partial charge in [0.05, 0.1) is 11.9 Å². The van der Waals surface area contributed by atoms with Crippen LogP contribution in [0.4, 0.5) is 17.1 Å². The summed E-state index contributed by atoms with van der Waals surface area (Å²) in [5, 5.41) is 6.12. The molecule has 7 nitrogen and oxygen atoms in total. The third-order valence-electron chi connectivity index (χ3n) is 4.43. The van der Waals surface area contributed by atoms with E-state index in [1.807, 2.05) is 45.0 Å². The van der Waals surface area contributed by atoms with Crippen molar-refractivity contribution in [2.24, 2.45) is 4.99 Å². The summed E-state index contributed by atoms with van der Waals surface area (Å²) in [7, 11) is 0. The van der Waals surface area contributed by atoms with E-state index in [9.17, 15) is 4.79 Å². The minimum absolute atomic E-state index is 0.225. The Labute approximate surface area is 187 Å². The molecule has 0 fully saturated rings. The number of aryl methyl sites for hydroxylation is 1. The van der Waals surface area contributed by atoms with Crippen LogP contribution < -0.4 is 15.4 Å². The predicted molar refractivity (Wildman–Crippen MR) is 129 cm³/mol. The van der Waals surface area contributed by atoms with Crippen molar-refractivity contribution in [3.8, 4) is 5.88 Å². The first-order chi connectivity index (χ1) is 15.5. The zero-order chi connectivity index (χ0) is 22.9. The van der Waals surface area contributed by atoms with Gasteiger partial charge in [0.25, 0.3) is 5.91 Å². The standard InChI is InChI=1S/C25H25N5O2/c1-5-23(15-17(2)26-4)32-24-11-10-22(16-28-24)30-25(31)19-6-8-20(9-7-19)29-21-12-13-27-18(3)14-21/h5-16H,4H2,1-3H3,(H,27,29)(H,30,31)/b17-15-,23-5+. The molecule has 2 aromatic heterocycles. The fourth-order valence-corrected chi connectivity index (χ4v) is 2.76. The zero-order valence-corrected chi connectivity index (χ0v) is 18.3. The first-order valence-corrected chi connectivity index (χ1v) is 10.0. The fourth-order valence-electron chi connectivity index (χ4n) is 2.76. The number of aliphatic imine (C=N–C) groups is 1. The fraction of sp³-hybridized carbons (Fsp3) is 0.120. The van der Waals surface area contributed by atoms with Crippen LogP contribution in [-0.4, -0.2) is 22.6 Å². The van der Waals surface area contributed by atoms with Crippen molar-refractivity contribution in [2.75, 3.05) is 10.6 Å². The van der Waals surface area contributed by atoms with Crippen molar-refractivity contribution in [1.29, 1.82) is 0 Å². The second-order valence-corrected chi connectivity index (χ2v) is 6.96. The average Bonchev–Trinajstić information content (AvgIpc) is 2.80. The van der Waals surface area contributed by atoms with Gasteiger partial charge in [0.1, 0.15) is 5.76 Å². The summed E-state index contributed by atoms with van der Waals surface area (Å²) in [6.07, 6.45) is 6.86. The van der Waals surface area contributed by atoms with Crippen LogP contribution in [0, 0.1) is 6.92 Å². The number of nitrogens with one attached hydrogen (secondary N) is 2. The van der Waals surface area contributed by atoms with Gasteiger partial charge in [-0.3, -0.25) is 14.8 Å². The molecule has 0 spiro atoms. The second-order valence-electron chi connectivity index (χ2n) is 6.96. The minimum Gasteiger partial charge on any atom is -0.439 e. The third-order valence-corrected chi connectivity index (χ3v) is 4.43. The van der Waals surface area contributed by atoms with E-state index in [2.05, 4.69) is 32.3 Å². The molecule has 0 bridgehead atoms. The number of benzene rings is 1. The maximum Gasteiger partial charge on any atom is 0.255 e. The Kier molecular flexibility index (Phi) is 7.48. The summed E-state index contributed by atoms with van der Waals surface area (Å²) in [5.74, 6) is 0.789. The van der Waals surface area contributed by atoms with Gasteiger partial charge in [-0.15, -0.1) is 0 Å². The molecule has 162 valence electrons. The quantitative estimate of drug-likeness (QED) is 0.275. The van der Waals surface area contributed by atoms with Gasteiger partial charge in [-0.2, -0.15) is 0 Å². The molecule has 2 N–H and O–H groups in total. The first-order valence-electron chi connectivity index (χ1n) is 10.0. The Morgan fingerprint density at radius 1 is 1.06 bits per heavy atom. The molecule has 7 heteroatoms. The highest BCUT2D eigenvalue weighted by molar-refractivity contribution is 6.04. The molecule has 0 saturated carbocycles. The zero-order valence-electron chi connectivity index (χ0n) is 18.3. The molecule has 0 aliphatic carbocycles. The molecule has 2 heterocycles. The van der Waals surface area contributed by atoms with E-state index in [-0.39, 0.29) is 5.91 Å². The Morgan fingerprint density at radius 3 is 2.44 bits per heavy atom. The lowest BCUT2D eigenvalue weighted by Crippen LogP contribution is -2.12.